The Labute approximate surface area is 369 Å². The highest BCUT2D eigenvalue weighted by Crippen LogP contribution is 2.57. The summed E-state index contributed by atoms with van der Waals surface area (Å²) in [6.45, 7) is 7.20. The predicted molar refractivity (Wildman–Crippen MR) is 263 cm³/mol. The molecule has 0 bridgehead atoms. The van der Waals surface area contributed by atoms with Crippen molar-refractivity contribution >= 4 is 24.0 Å². The average molecular weight is 825 g/mol. The van der Waals surface area contributed by atoms with Crippen LogP contribution in [-0.2, 0) is 5.41 Å². The van der Waals surface area contributed by atoms with Gasteiger partial charge in [-0.2, -0.15) is 0 Å². The molecule has 0 radical (unpaired) electrons. The summed E-state index contributed by atoms with van der Waals surface area (Å²) < 4.78 is 0. The number of hydrogen-bond donors (Lipinski definition) is 0. The van der Waals surface area contributed by atoms with Crippen LogP contribution in [0.4, 0.5) is 0 Å². The average Bonchev–Trinajstić information content (AvgIpc) is 3.64. The molecule has 2 heterocycles. The van der Waals surface area contributed by atoms with Crippen molar-refractivity contribution in [1.29, 1.82) is 0 Å². The van der Waals surface area contributed by atoms with Gasteiger partial charge in [0.05, 0.1) is 19.2 Å². The molecule has 0 amide bonds. The SMILES string of the molecule is C[Si](C)(C)c1cnc(-c2ccc3c(c2)C(c2ccccc2)(c2ccccc2)c2cc(-c4cccc(-c5nc(-c6ccccc6)nc(-c6ccccc6)n5)c4)ccc2-3)c2ccccc12. The maximum atomic E-state index is 5.26. The molecular weight excluding hydrogens is 781 g/mol. The Morgan fingerprint density at radius 3 is 1.35 bits per heavy atom. The molecule has 0 atom stereocenters. The number of aromatic nitrogens is 4. The standard InChI is InChI=1S/C58H44N4Si/c1-63(2,3)53-38-59-54(50-30-17-16-29-49(50)53)43-32-34-48-47-33-31-42(36-51(47)58(52(48)37-43,45-25-12-6-13-26-45)46-27-14-7-15-28-46)41-23-18-24-44(35-41)57-61-55(39-19-8-4-9-20-39)60-56(62-57)40-21-10-5-11-22-40/h4-38H,1-3H3. The Hall–Kier alpha value is -7.60. The lowest BCUT2D eigenvalue weighted by Crippen LogP contribution is -2.38. The van der Waals surface area contributed by atoms with E-state index in [2.05, 4.69) is 171 Å². The molecule has 0 spiro atoms. The second-order valence-electron chi connectivity index (χ2n) is 17.4. The largest absolute Gasteiger partial charge is 0.256 e. The van der Waals surface area contributed by atoms with Crippen LogP contribution < -0.4 is 5.19 Å². The van der Waals surface area contributed by atoms with Crippen molar-refractivity contribution in [3.63, 3.8) is 0 Å². The Morgan fingerprint density at radius 2 is 0.794 bits per heavy atom. The van der Waals surface area contributed by atoms with Crippen LogP contribution in [0.2, 0.25) is 19.6 Å². The monoisotopic (exact) mass is 824 g/mol. The van der Waals surface area contributed by atoms with Gasteiger partial charge in [-0.3, -0.25) is 4.98 Å². The molecule has 2 aromatic heterocycles. The summed E-state index contributed by atoms with van der Waals surface area (Å²) in [6, 6.07) is 73.8. The molecule has 8 aromatic carbocycles. The number of hydrogen-bond acceptors (Lipinski definition) is 4. The number of pyridine rings is 1. The van der Waals surface area contributed by atoms with Crippen molar-refractivity contribution < 1.29 is 0 Å². The van der Waals surface area contributed by atoms with Gasteiger partial charge < -0.3 is 0 Å². The van der Waals surface area contributed by atoms with Crippen LogP contribution in [-0.4, -0.2) is 28.0 Å². The van der Waals surface area contributed by atoms with E-state index in [0.717, 1.165) is 39.1 Å². The Balaban J connectivity index is 1.10. The van der Waals surface area contributed by atoms with Gasteiger partial charge in [-0.05, 0) is 73.3 Å². The molecule has 0 unspecified atom stereocenters. The molecule has 300 valence electrons. The zero-order valence-corrected chi connectivity index (χ0v) is 36.5. The fourth-order valence-corrected chi connectivity index (χ4v) is 11.1. The van der Waals surface area contributed by atoms with Crippen LogP contribution >= 0.6 is 0 Å². The summed E-state index contributed by atoms with van der Waals surface area (Å²) in [5, 5.41) is 3.89. The van der Waals surface area contributed by atoms with E-state index < -0.39 is 13.5 Å². The van der Waals surface area contributed by atoms with Gasteiger partial charge in [0.15, 0.2) is 17.5 Å². The Kier molecular flexibility index (Phi) is 9.36. The molecule has 0 aliphatic heterocycles. The third kappa shape index (κ3) is 6.60. The van der Waals surface area contributed by atoms with Crippen LogP contribution in [0.15, 0.2) is 212 Å². The summed E-state index contributed by atoms with van der Waals surface area (Å²) in [7, 11) is -1.65. The van der Waals surface area contributed by atoms with Gasteiger partial charge in [0, 0.05) is 33.8 Å². The van der Waals surface area contributed by atoms with Crippen LogP contribution in [0, 0.1) is 0 Å². The van der Waals surface area contributed by atoms with Crippen molar-refractivity contribution in [2.45, 2.75) is 25.1 Å². The van der Waals surface area contributed by atoms with Gasteiger partial charge in [-0.1, -0.05) is 208 Å². The number of fused-ring (bicyclic) bond motifs is 4. The number of rotatable bonds is 8. The minimum Gasteiger partial charge on any atom is -0.256 e. The Morgan fingerprint density at radius 1 is 0.365 bits per heavy atom. The summed E-state index contributed by atoms with van der Waals surface area (Å²) in [5.74, 6) is 1.92. The third-order valence-corrected chi connectivity index (χ3v) is 14.6. The highest BCUT2D eigenvalue weighted by molar-refractivity contribution is 6.90. The van der Waals surface area contributed by atoms with Gasteiger partial charge in [-0.25, -0.2) is 15.0 Å². The molecule has 0 saturated carbocycles. The summed E-state index contributed by atoms with van der Waals surface area (Å²) >= 11 is 0. The number of benzene rings is 8. The third-order valence-electron chi connectivity index (χ3n) is 12.6. The fraction of sp³-hybridized carbons (Fsp3) is 0.0690. The molecule has 1 aliphatic rings. The molecular formula is C58H44N4Si. The van der Waals surface area contributed by atoms with E-state index >= 15 is 0 Å². The summed E-state index contributed by atoms with van der Waals surface area (Å²) in [5.41, 5.74) is 14.0. The second-order valence-corrected chi connectivity index (χ2v) is 22.5. The molecule has 0 fully saturated rings. The Bertz CT molecular complexity index is 3210. The second kappa shape index (κ2) is 15.4. The van der Waals surface area contributed by atoms with E-state index in [1.54, 1.807) is 0 Å². The van der Waals surface area contributed by atoms with Crippen LogP contribution in [0.1, 0.15) is 22.3 Å². The quantitative estimate of drug-likeness (QED) is 0.143. The first-order valence-corrected chi connectivity index (χ1v) is 25.1. The molecule has 5 heteroatoms. The van der Waals surface area contributed by atoms with Gasteiger partial charge in [0.2, 0.25) is 0 Å². The summed E-state index contributed by atoms with van der Waals surface area (Å²) in [6.07, 6.45) is 2.15. The van der Waals surface area contributed by atoms with E-state index in [-0.39, 0.29) is 0 Å². The van der Waals surface area contributed by atoms with Crippen molar-refractivity contribution in [2.75, 3.05) is 0 Å². The molecule has 10 aromatic rings. The van der Waals surface area contributed by atoms with Crippen LogP contribution in [0.3, 0.4) is 0 Å². The zero-order valence-electron chi connectivity index (χ0n) is 35.5. The maximum absolute atomic E-state index is 5.26. The topological polar surface area (TPSA) is 51.6 Å². The first-order valence-electron chi connectivity index (χ1n) is 21.6. The lowest BCUT2D eigenvalue weighted by molar-refractivity contribution is 0.769. The van der Waals surface area contributed by atoms with E-state index in [9.17, 15) is 0 Å². The van der Waals surface area contributed by atoms with Crippen molar-refractivity contribution in [3.05, 3.63) is 235 Å². The zero-order chi connectivity index (χ0) is 42.5. The van der Waals surface area contributed by atoms with Crippen LogP contribution in [0.5, 0.6) is 0 Å². The van der Waals surface area contributed by atoms with E-state index in [4.69, 9.17) is 19.9 Å². The van der Waals surface area contributed by atoms with Gasteiger partial charge in [-0.15, -0.1) is 0 Å². The van der Waals surface area contributed by atoms with E-state index in [0.29, 0.717) is 17.5 Å². The van der Waals surface area contributed by atoms with Gasteiger partial charge >= 0.3 is 0 Å². The lowest BCUT2D eigenvalue weighted by Gasteiger charge is -2.34. The minimum absolute atomic E-state index is 0.603. The fourth-order valence-electron chi connectivity index (χ4n) is 9.61. The smallest absolute Gasteiger partial charge is 0.164 e. The molecule has 0 saturated heterocycles. The molecule has 4 nitrogen and oxygen atoms in total. The molecule has 63 heavy (non-hydrogen) atoms. The minimum atomic E-state index is -1.65. The first kappa shape index (κ1) is 38.3. The van der Waals surface area contributed by atoms with E-state index in [1.807, 2.05) is 60.7 Å². The highest BCUT2D eigenvalue weighted by atomic mass is 28.3. The van der Waals surface area contributed by atoms with Crippen molar-refractivity contribution in [3.8, 4) is 67.7 Å². The normalized spacial score (nSPS) is 12.8. The molecule has 0 N–H and O–H groups in total. The first-order chi connectivity index (χ1) is 30.9. The maximum Gasteiger partial charge on any atom is 0.164 e. The summed E-state index contributed by atoms with van der Waals surface area (Å²) in [4.78, 5) is 20.3. The van der Waals surface area contributed by atoms with Crippen LogP contribution in [0.25, 0.3) is 78.4 Å². The number of nitrogens with zero attached hydrogens (tertiary/aromatic N) is 4. The van der Waals surface area contributed by atoms with Gasteiger partial charge in [0.25, 0.3) is 0 Å². The van der Waals surface area contributed by atoms with Gasteiger partial charge in [0.1, 0.15) is 0 Å². The molecule has 11 rings (SSSR count). The molecule has 1 aliphatic carbocycles. The van der Waals surface area contributed by atoms with Crippen molar-refractivity contribution in [2.24, 2.45) is 0 Å². The van der Waals surface area contributed by atoms with E-state index in [1.165, 1.54) is 49.3 Å². The predicted octanol–water partition coefficient (Wildman–Crippen LogP) is 13.7. The van der Waals surface area contributed by atoms with Crippen molar-refractivity contribution in [1.82, 2.24) is 19.9 Å². The lowest BCUT2D eigenvalue weighted by atomic mass is 9.67. The highest BCUT2D eigenvalue weighted by Gasteiger charge is 2.46.